The second-order valence-corrected chi connectivity index (χ2v) is 8.31. The maximum absolute atomic E-state index is 12.7. The predicted molar refractivity (Wildman–Crippen MR) is 133 cm³/mol. The van der Waals surface area contributed by atoms with Gasteiger partial charge in [0.1, 0.15) is 6.61 Å². The largest absolute Gasteiger partial charge is 0.490 e. The van der Waals surface area contributed by atoms with Crippen molar-refractivity contribution in [3.63, 3.8) is 0 Å². The van der Waals surface area contributed by atoms with Crippen LogP contribution in [0, 0.1) is 0 Å². The molecule has 1 heterocycles. The number of nitrogens with zero attached hydrogens (tertiary/aromatic N) is 2. The zero-order chi connectivity index (χ0) is 23.4. The molecule has 0 aliphatic carbocycles. The van der Waals surface area contributed by atoms with Crippen LogP contribution in [0.25, 0.3) is 10.9 Å². The maximum Gasteiger partial charge on any atom is 0.349 e. The number of rotatable bonds is 7. The summed E-state index contributed by atoms with van der Waals surface area (Å²) in [5.74, 6) is 1.03. The highest BCUT2D eigenvalue weighted by Gasteiger charge is 2.13. The van der Waals surface area contributed by atoms with E-state index < -0.39 is 11.2 Å². The number of H-pyrrole nitrogens is 1. The summed E-state index contributed by atoms with van der Waals surface area (Å²) in [5.41, 5.74) is 0.903. The van der Waals surface area contributed by atoms with Gasteiger partial charge in [-0.05, 0) is 70.4 Å². The quantitative estimate of drug-likeness (QED) is 0.343. The molecule has 3 aromatic carbocycles. The van der Waals surface area contributed by atoms with Crippen LogP contribution in [0.3, 0.4) is 0 Å². The lowest BCUT2D eigenvalue weighted by Crippen LogP contribution is -2.32. The Balaban J connectivity index is 1.64. The molecule has 4 rings (SSSR count). The Bertz CT molecular complexity index is 1450. The first-order valence-corrected chi connectivity index (χ1v) is 11.3. The summed E-state index contributed by atoms with van der Waals surface area (Å²) in [6.45, 7) is 2.62. The number of benzene rings is 3. The number of hydrogen-bond acceptors (Lipinski definition) is 5. The predicted octanol–water partition coefficient (Wildman–Crippen LogP) is 4.97. The van der Waals surface area contributed by atoms with Gasteiger partial charge in [0.2, 0.25) is 0 Å². The molecule has 9 heteroatoms. The number of hydrogen-bond donors (Lipinski definition) is 1. The van der Waals surface area contributed by atoms with Gasteiger partial charge in [-0.15, -0.1) is 4.68 Å². The summed E-state index contributed by atoms with van der Waals surface area (Å²) in [4.78, 5) is 27.7. The molecule has 4 aromatic rings. The van der Waals surface area contributed by atoms with Crippen LogP contribution < -0.4 is 20.7 Å². The van der Waals surface area contributed by atoms with Crippen molar-refractivity contribution in [2.24, 2.45) is 5.10 Å². The lowest BCUT2D eigenvalue weighted by Gasteiger charge is -2.14. The molecule has 0 saturated heterocycles. The molecule has 0 atom stereocenters. The van der Waals surface area contributed by atoms with Crippen LogP contribution in [-0.4, -0.2) is 22.5 Å². The number of fused-ring (bicyclic) bond motifs is 1. The molecule has 0 spiro atoms. The van der Waals surface area contributed by atoms with Crippen LogP contribution >= 0.6 is 27.5 Å². The highest BCUT2D eigenvalue weighted by Crippen LogP contribution is 2.37. The third-order valence-electron chi connectivity index (χ3n) is 4.73. The van der Waals surface area contributed by atoms with E-state index in [-0.39, 0.29) is 0 Å². The summed E-state index contributed by atoms with van der Waals surface area (Å²) >= 11 is 9.45. The molecule has 1 aromatic heterocycles. The minimum absolute atomic E-state index is 0.325. The third-order valence-corrected chi connectivity index (χ3v) is 5.58. The summed E-state index contributed by atoms with van der Waals surface area (Å²) in [6.07, 6.45) is 1.42. The van der Waals surface area contributed by atoms with Crippen molar-refractivity contribution < 1.29 is 9.47 Å². The van der Waals surface area contributed by atoms with Gasteiger partial charge < -0.3 is 14.5 Å². The van der Waals surface area contributed by atoms with Gasteiger partial charge in [0, 0.05) is 5.02 Å². The van der Waals surface area contributed by atoms with Crippen molar-refractivity contribution in [3.8, 4) is 11.5 Å². The summed E-state index contributed by atoms with van der Waals surface area (Å²) in [5, 5.41) is 5.13. The van der Waals surface area contributed by atoms with Gasteiger partial charge in [-0.1, -0.05) is 35.9 Å². The van der Waals surface area contributed by atoms with E-state index in [9.17, 15) is 9.59 Å². The average Bonchev–Trinajstić information content (AvgIpc) is 2.80. The van der Waals surface area contributed by atoms with E-state index in [2.05, 4.69) is 26.0 Å². The monoisotopic (exact) mass is 527 g/mol. The van der Waals surface area contributed by atoms with Gasteiger partial charge in [0.15, 0.2) is 11.5 Å². The molecule has 33 heavy (non-hydrogen) atoms. The Morgan fingerprint density at radius 2 is 1.85 bits per heavy atom. The number of ether oxygens (including phenoxy) is 2. The molecule has 0 amide bonds. The highest BCUT2D eigenvalue weighted by molar-refractivity contribution is 9.10. The van der Waals surface area contributed by atoms with Gasteiger partial charge >= 0.3 is 5.69 Å². The zero-order valence-electron chi connectivity index (χ0n) is 17.5. The normalized spacial score (nSPS) is 11.2. The van der Waals surface area contributed by atoms with Gasteiger partial charge in [-0.2, -0.15) is 5.10 Å². The Morgan fingerprint density at radius 3 is 2.61 bits per heavy atom. The Morgan fingerprint density at radius 1 is 1.09 bits per heavy atom. The molecular formula is C24H19BrClN3O4. The lowest BCUT2D eigenvalue weighted by atomic mass is 10.2. The molecule has 7 nitrogen and oxygen atoms in total. The van der Waals surface area contributed by atoms with Crippen molar-refractivity contribution in [3.05, 3.63) is 102 Å². The number of aromatic nitrogens is 2. The first kappa shape index (κ1) is 22.8. The van der Waals surface area contributed by atoms with Gasteiger partial charge in [0.25, 0.3) is 5.56 Å². The second-order valence-electron chi connectivity index (χ2n) is 7.02. The first-order valence-electron chi connectivity index (χ1n) is 10.1. The average molecular weight is 529 g/mol. The Labute approximate surface area is 202 Å². The first-order chi connectivity index (χ1) is 16.0. The van der Waals surface area contributed by atoms with Gasteiger partial charge in [-0.25, -0.2) is 4.79 Å². The summed E-state index contributed by atoms with van der Waals surface area (Å²) in [7, 11) is 0. The molecule has 0 aliphatic heterocycles. The lowest BCUT2D eigenvalue weighted by molar-refractivity contribution is 0.267. The molecule has 0 bridgehead atoms. The fourth-order valence-electron chi connectivity index (χ4n) is 3.18. The fourth-order valence-corrected chi connectivity index (χ4v) is 3.88. The third kappa shape index (κ3) is 5.18. The van der Waals surface area contributed by atoms with Gasteiger partial charge in [-0.3, -0.25) is 4.79 Å². The van der Waals surface area contributed by atoms with Crippen LogP contribution in [0.4, 0.5) is 0 Å². The van der Waals surface area contributed by atoms with Crippen LogP contribution in [0.2, 0.25) is 5.02 Å². The van der Waals surface area contributed by atoms with Crippen LogP contribution in [-0.2, 0) is 6.61 Å². The van der Waals surface area contributed by atoms with Gasteiger partial charge in [0.05, 0.1) is 28.2 Å². The zero-order valence-corrected chi connectivity index (χ0v) is 19.9. The SMILES string of the molecule is CCOc1cc(C=Nn2c(=O)[nH]c3ccccc3c2=O)cc(Br)c1OCc1ccc(Cl)cc1. The number of aromatic amines is 1. The Kier molecular flexibility index (Phi) is 6.96. The van der Waals surface area contributed by atoms with E-state index in [1.165, 1.54) is 6.21 Å². The molecule has 0 saturated carbocycles. The standard InChI is InChI=1S/C24H19BrClN3O4/c1-2-32-21-12-16(11-19(25)22(21)33-14-15-7-9-17(26)10-8-15)13-27-29-23(30)18-5-3-4-6-20(18)28-24(29)31/h3-13H,2,14H2,1H3,(H,28,31). The molecule has 168 valence electrons. The Hall–Kier alpha value is -3.36. The fraction of sp³-hybridized carbons (Fsp3) is 0.125. The van der Waals surface area contributed by atoms with Crippen LogP contribution in [0.5, 0.6) is 11.5 Å². The summed E-state index contributed by atoms with van der Waals surface area (Å²) < 4.78 is 13.2. The molecule has 1 N–H and O–H groups in total. The number of nitrogens with one attached hydrogen (secondary N) is 1. The number of para-hydroxylation sites is 1. The minimum Gasteiger partial charge on any atom is -0.490 e. The van der Waals surface area contributed by atoms with Crippen LogP contribution in [0.1, 0.15) is 18.1 Å². The van der Waals surface area contributed by atoms with Crippen molar-refractivity contribution >= 4 is 44.6 Å². The highest BCUT2D eigenvalue weighted by atomic mass is 79.9. The number of halogens is 2. The van der Waals surface area contributed by atoms with Crippen molar-refractivity contribution in [1.29, 1.82) is 0 Å². The van der Waals surface area contributed by atoms with Crippen molar-refractivity contribution in [2.45, 2.75) is 13.5 Å². The smallest absolute Gasteiger partial charge is 0.349 e. The molecule has 0 fully saturated rings. The topological polar surface area (TPSA) is 85.7 Å². The van der Waals surface area contributed by atoms with E-state index in [1.54, 1.807) is 48.5 Å². The van der Waals surface area contributed by atoms with E-state index in [4.69, 9.17) is 21.1 Å². The minimum atomic E-state index is -0.623. The molecule has 0 radical (unpaired) electrons. The second kappa shape index (κ2) is 10.1. The van der Waals surface area contributed by atoms with Crippen LogP contribution in [0.15, 0.2) is 79.8 Å². The van der Waals surface area contributed by atoms with E-state index in [0.29, 0.717) is 50.7 Å². The molecular weight excluding hydrogens is 510 g/mol. The van der Waals surface area contributed by atoms with E-state index in [1.807, 2.05) is 19.1 Å². The van der Waals surface area contributed by atoms with Crippen molar-refractivity contribution in [1.82, 2.24) is 9.66 Å². The van der Waals surface area contributed by atoms with E-state index in [0.717, 1.165) is 10.2 Å². The summed E-state index contributed by atoms with van der Waals surface area (Å²) in [6, 6.07) is 17.6. The molecule has 0 unspecified atom stereocenters. The van der Waals surface area contributed by atoms with E-state index >= 15 is 0 Å². The van der Waals surface area contributed by atoms with Crippen molar-refractivity contribution in [2.75, 3.05) is 6.61 Å². The maximum atomic E-state index is 12.7. The molecule has 0 aliphatic rings.